The monoisotopic (exact) mass is 774 g/mol. The van der Waals surface area contributed by atoms with Crippen LogP contribution in [-0.2, 0) is 33.4 Å². The number of nitrogens with zero attached hydrogens (tertiary/aromatic N) is 3. The Morgan fingerprint density at radius 2 is 1.55 bits per heavy atom. The second kappa shape index (κ2) is 22.0. The molecule has 0 bridgehead atoms. The normalized spacial score (nSPS) is 21.6. The van der Waals surface area contributed by atoms with Gasteiger partial charge in [0.05, 0.1) is 68.0 Å². The van der Waals surface area contributed by atoms with Gasteiger partial charge in [-0.15, -0.1) is 0 Å². The number of ether oxygens (including phenoxy) is 3. The summed E-state index contributed by atoms with van der Waals surface area (Å²) in [6.07, 6.45) is 0.121. The van der Waals surface area contributed by atoms with Gasteiger partial charge in [0.2, 0.25) is 23.6 Å². The maximum absolute atomic E-state index is 14.4. The van der Waals surface area contributed by atoms with Crippen molar-refractivity contribution in [2.75, 3.05) is 54.1 Å². The molecule has 2 saturated heterocycles. The molecule has 0 spiro atoms. The number of nitrogens with one attached hydrogen (secondary N) is 2. The highest BCUT2D eigenvalue weighted by molar-refractivity contribution is 5.90. The van der Waals surface area contributed by atoms with Crippen LogP contribution >= 0.6 is 0 Å². The van der Waals surface area contributed by atoms with Crippen molar-refractivity contribution in [1.29, 1.82) is 0 Å². The number of hydrogen-bond donors (Lipinski definition) is 3. The van der Waals surface area contributed by atoms with Gasteiger partial charge >= 0.3 is 0 Å². The Morgan fingerprint density at radius 3 is 2.09 bits per heavy atom. The summed E-state index contributed by atoms with van der Waals surface area (Å²) in [5.41, 5.74) is 0.711. The van der Waals surface area contributed by atoms with Crippen molar-refractivity contribution in [3.63, 3.8) is 0 Å². The van der Waals surface area contributed by atoms with E-state index in [-0.39, 0.29) is 59.9 Å². The van der Waals surface area contributed by atoms with E-state index in [4.69, 9.17) is 14.2 Å². The molecule has 0 aliphatic carbocycles. The smallest absolute Gasteiger partial charge is 0.245 e. The van der Waals surface area contributed by atoms with Crippen molar-refractivity contribution < 1.29 is 38.5 Å². The van der Waals surface area contributed by atoms with Gasteiger partial charge in [-0.25, -0.2) is 0 Å². The van der Waals surface area contributed by atoms with Gasteiger partial charge in [-0.05, 0) is 43.1 Å². The van der Waals surface area contributed by atoms with Crippen molar-refractivity contribution in [2.24, 2.45) is 23.7 Å². The van der Waals surface area contributed by atoms with Crippen LogP contribution in [0, 0.1) is 23.7 Å². The van der Waals surface area contributed by atoms with E-state index in [9.17, 15) is 24.3 Å². The maximum Gasteiger partial charge on any atom is 0.245 e. The standard InChI is InChI=1S/C42H71N5O8/c1-12-28(6)37(45(9)42(52)35(26(2)3)44-41(51)36(27(4)5)46-21-23-55-24-22-46)33(53-10)25-34(48)47-20-16-19-32(47)39(54-11)29(7)40(50)43-30(8)38(49)31-17-14-13-15-18-31/h13-15,17-18,26-30,32-33,35-39,49H,12,16,19-25H2,1-11H3,(H,43,50)(H,44,51)/t28-,29+,30+,32?,33+,35-,36-,37-,38+,39+/m0/s1. The summed E-state index contributed by atoms with van der Waals surface area (Å²) in [5, 5.41) is 16.9. The molecule has 3 rings (SSSR count). The first kappa shape index (κ1) is 46.3. The van der Waals surface area contributed by atoms with E-state index in [0.29, 0.717) is 44.8 Å². The number of aliphatic hydroxyl groups excluding tert-OH is 1. The number of rotatable bonds is 20. The summed E-state index contributed by atoms with van der Waals surface area (Å²) in [5.74, 6) is -1.57. The summed E-state index contributed by atoms with van der Waals surface area (Å²) in [7, 11) is 4.87. The van der Waals surface area contributed by atoms with Gasteiger partial charge in [-0.3, -0.25) is 24.1 Å². The van der Waals surface area contributed by atoms with E-state index in [1.807, 2.05) is 65.0 Å². The Kier molecular flexibility index (Phi) is 18.5. The van der Waals surface area contributed by atoms with Gasteiger partial charge in [0.25, 0.3) is 0 Å². The minimum atomic E-state index is -0.878. The molecule has 1 aromatic rings. The third-order valence-corrected chi connectivity index (χ3v) is 11.8. The van der Waals surface area contributed by atoms with Gasteiger partial charge in [-0.2, -0.15) is 0 Å². The van der Waals surface area contributed by atoms with Crippen molar-refractivity contribution in [3.05, 3.63) is 35.9 Å². The SMILES string of the molecule is CC[C@H](C)[C@@H]([C@@H](CC(=O)N1CCCC1[C@H](OC)[C@@H](C)C(=O)N[C@H](C)[C@@H](O)c1ccccc1)OC)N(C)C(=O)[C@@H](NC(=O)[C@H](C(C)C)N1CCOCC1)C(C)C. The lowest BCUT2D eigenvalue weighted by Crippen LogP contribution is -2.61. The molecule has 0 saturated carbocycles. The summed E-state index contributed by atoms with van der Waals surface area (Å²) >= 11 is 0. The second-order valence-corrected chi connectivity index (χ2v) is 16.3. The van der Waals surface area contributed by atoms with Crippen molar-refractivity contribution >= 4 is 23.6 Å². The molecule has 2 aliphatic rings. The molecule has 0 aromatic heterocycles. The van der Waals surface area contributed by atoms with E-state index in [2.05, 4.69) is 22.5 Å². The van der Waals surface area contributed by atoms with Crippen LogP contribution in [-0.4, -0.2) is 140 Å². The highest BCUT2D eigenvalue weighted by Crippen LogP contribution is 2.30. The molecule has 0 radical (unpaired) electrons. The van der Waals surface area contributed by atoms with Gasteiger partial charge in [0, 0.05) is 40.9 Å². The summed E-state index contributed by atoms with van der Waals surface area (Å²) < 4.78 is 17.5. The number of likely N-dealkylation sites (tertiary alicyclic amines) is 1. The van der Waals surface area contributed by atoms with Gasteiger partial charge in [-0.1, -0.05) is 85.2 Å². The van der Waals surface area contributed by atoms with Crippen LogP contribution in [0.5, 0.6) is 0 Å². The average molecular weight is 774 g/mol. The molecule has 10 atom stereocenters. The highest BCUT2D eigenvalue weighted by atomic mass is 16.5. The summed E-state index contributed by atoms with van der Waals surface area (Å²) in [6.45, 7) is 18.5. The van der Waals surface area contributed by atoms with Crippen molar-refractivity contribution in [1.82, 2.24) is 25.3 Å². The Hall–Kier alpha value is -3.10. The third-order valence-electron chi connectivity index (χ3n) is 11.8. The molecular weight excluding hydrogens is 702 g/mol. The van der Waals surface area contributed by atoms with E-state index in [1.165, 1.54) is 0 Å². The fraction of sp³-hybridized carbons (Fsp3) is 0.762. The Bertz CT molecular complexity index is 1360. The predicted molar refractivity (Wildman–Crippen MR) is 213 cm³/mol. The molecule has 312 valence electrons. The van der Waals surface area contributed by atoms with Gasteiger partial charge < -0.3 is 39.8 Å². The molecule has 3 N–H and O–H groups in total. The molecular formula is C42H71N5O8. The Morgan fingerprint density at radius 1 is 0.909 bits per heavy atom. The molecule has 2 heterocycles. The molecule has 55 heavy (non-hydrogen) atoms. The van der Waals surface area contributed by atoms with Gasteiger partial charge in [0.1, 0.15) is 6.04 Å². The predicted octanol–water partition coefficient (Wildman–Crippen LogP) is 3.64. The van der Waals surface area contributed by atoms with Crippen molar-refractivity contribution in [3.8, 4) is 0 Å². The molecule has 13 nitrogen and oxygen atoms in total. The lowest BCUT2D eigenvalue weighted by Gasteiger charge is -2.41. The van der Waals surface area contributed by atoms with Crippen LogP contribution in [0.25, 0.3) is 0 Å². The number of carbonyl (C=O) groups is 4. The van der Waals surface area contributed by atoms with E-state index in [1.54, 1.807) is 44.9 Å². The first-order chi connectivity index (χ1) is 26.1. The third kappa shape index (κ3) is 12.0. The Labute approximate surface area is 330 Å². The zero-order valence-corrected chi connectivity index (χ0v) is 35.3. The fourth-order valence-electron chi connectivity index (χ4n) is 8.40. The second-order valence-electron chi connectivity index (χ2n) is 16.3. The van der Waals surface area contributed by atoms with E-state index < -0.39 is 42.4 Å². The largest absolute Gasteiger partial charge is 0.386 e. The number of likely N-dealkylation sites (N-methyl/N-ethyl adjacent to an activating group) is 1. The molecule has 4 amide bonds. The minimum absolute atomic E-state index is 0.0231. The molecule has 2 fully saturated rings. The molecule has 1 unspecified atom stereocenters. The first-order valence-corrected chi connectivity index (χ1v) is 20.4. The van der Waals surface area contributed by atoms with Crippen molar-refractivity contribution in [2.45, 2.75) is 130 Å². The van der Waals surface area contributed by atoms with Crippen LogP contribution in [0.1, 0.15) is 92.7 Å². The van der Waals surface area contributed by atoms with Crippen LogP contribution in [0.3, 0.4) is 0 Å². The van der Waals surface area contributed by atoms with E-state index in [0.717, 1.165) is 12.8 Å². The highest BCUT2D eigenvalue weighted by Gasteiger charge is 2.43. The van der Waals surface area contributed by atoms with Crippen LogP contribution in [0.2, 0.25) is 0 Å². The molecule has 1 aromatic carbocycles. The quantitative estimate of drug-likeness (QED) is 0.181. The lowest BCUT2D eigenvalue weighted by molar-refractivity contribution is -0.148. The van der Waals surface area contributed by atoms with E-state index >= 15 is 0 Å². The summed E-state index contributed by atoms with van der Waals surface area (Å²) in [4.78, 5) is 61.6. The Balaban J connectivity index is 1.76. The zero-order chi connectivity index (χ0) is 41.0. The van der Waals surface area contributed by atoms with Gasteiger partial charge in [0.15, 0.2) is 0 Å². The number of benzene rings is 1. The fourth-order valence-corrected chi connectivity index (χ4v) is 8.40. The maximum atomic E-state index is 14.4. The first-order valence-electron chi connectivity index (χ1n) is 20.4. The minimum Gasteiger partial charge on any atom is -0.386 e. The number of aliphatic hydroxyl groups is 1. The van der Waals surface area contributed by atoms with Crippen LogP contribution < -0.4 is 10.6 Å². The lowest BCUT2D eigenvalue weighted by atomic mass is 9.89. The van der Waals surface area contributed by atoms with Crippen LogP contribution in [0.15, 0.2) is 30.3 Å². The number of methoxy groups -OCH3 is 2. The van der Waals surface area contributed by atoms with Crippen LogP contribution in [0.4, 0.5) is 0 Å². The number of amides is 4. The number of carbonyl (C=O) groups excluding carboxylic acids is 4. The zero-order valence-electron chi connectivity index (χ0n) is 35.3. The topological polar surface area (TPSA) is 150 Å². The summed E-state index contributed by atoms with van der Waals surface area (Å²) in [6, 6.07) is 6.70. The molecule has 13 heteroatoms. The average Bonchev–Trinajstić information content (AvgIpc) is 3.66. The molecule has 2 aliphatic heterocycles. The number of hydrogen-bond acceptors (Lipinski definition) is 9. The number of morpholine rings is 1.